The quantitative estimate of drug-likeness (QED) is 0.350. The van der Waals surface area contributed by atoms with Crippen LogP contribution in [0.3, 0.4) is 0 Å². The summed E-state index contributed by atoms with van der Waals surface area (Å²) in [5, 5.41) is 4.19. The van der Waals surface area contributed by atoms with E-state index < -0.39 is 0 Å². The van der Waals surface area contributed by atoms with E-state index in [0.717, 1.165) is 12.8 Å². The zero-order chi connectivity index (χ0) is 27.8. The smallest absolute Gasteiger partial charge is 0.259 e. The molecular weight excluding hydrogens is 486 g/mol. The topological polar surface area (TPSA) is 66.7 Å². The molecule has 0 fully saturated rings. The summed E-state index contributed by atoms with van der Waals surface area (Å²) in [5.41, 5.74) is 8.92. The highest BCUT2D eigenvalue weighted by atomic mass is 16.5. The van der Waals surface area contributed by atoms with Crippen LogP contribution in [0.5, 0.6) is 0 Å². The first-order chi connectivity index (χ1) is 18.6. The number of amides is 2. The highest BCUT2D eigenvalue weighted by Gasteiger charge is 2.29. The molecule has 0 saturated heterocycles. The van der Waals surface area contributed by atoms with E-state index >= 15 is 0 Å². The average molecular weight is 528 g/mol. The summed E-state index contributed by atoms with van der Waals surface area (Å²) in [6.07, 6.45) is 2.37. The van der Waals surface area contributed by atoms with Gasteiger partial charge in [0.2, 0.25) is 5.91 Å². The molecule has 2 aliphatic heterocycles. The molecule has 39 heavy (non-hydrogen) atoms. The van der Waals surface area contributed by atoms with Crippen LogP contribution in [0.1, 0.15) is 108 Å². The lowest BCUT2D eigenvalue weighted by molar-refractivity contribution is -0.135. The fourth-order valence-corrected chi connectivity index (χ4v) is 5.89. The molecule has 6 heteroatoms. The number of carbonyl (C=O) groups is 2. The van der Waals surface area contributed by atoms with E-state index in [0.29, 0.717) is 55.5 Å². The molecule has 0 N–H and O–H groups in total. The number of aryl methyl sites for hydroxylation is 2. The summed E-state index contributed by atoms with van der Waals surface area (Å²) in [7, 11) is 0. The molecule has 2 aliphatic rings. The van der Waals surface area contributed by atoms with Crippen molar-refractivity contribution in [1.29, 1.82) is 0 Å². The van der Waals surface area contributed by atoms with E-state index in [4.69, 9.17) is 4.52 Å². The summed E-state index contributed by atoms with van der Waals surface area (Å²) >= 11 is 0. The summed E-state index contributed by atoms with van der Waals surface area (Å²) in [6.45, 7) is 15.1. The van der Waals surface area contributed by atoms with Crippen molar-refractivity contribution in [2.75, 3.05) is 6.54 Å². The Bertz CT molecular complexity index is 1390. The van der Waals surface area contributed by atoms with Crippen molar-refractivity contribution in [2.24, 2.45) is 5.92 Å². The van der Waals surface area contributed by atoms with Gasteiger partial charge in [-0.1, -0.05) is 76.2 Å². The third-order valence-electron chi connectivity index (χ3n) is 8.48. The van der Waals surface area contributed by atoms with Gasteiger partial charge in [0, 0.05) is 38.5 Å². The Labute approximate surface area is 232 Å². The molecule has 1 aromatic heterocycles. The van der Waals surface area contributed by atoms with Crippen LogP contribution < -0.4 is 0 Å². The lowest BCUT2D eigenvalue weighted by Gasteiger charge is -2.29. The van der Waals surface area contributed by atoms with Crippen LogP contribution >= 0.6 is 0 Å². The summed E-state index contributed by atoms with van der Waals surface area (Å²) < 4.78 is 5.71. The highest BCUT2D eigenvalue weighted by Crippen LogP contribution is 2.31. The predicted molar refractivity (Wildman–Crippen MR) is 152 cm³/mol. The van der Waals surface area contributed by atoms with E-state index in [1.54, 1.807) is 0 Å². The van der Waals surface area contributed by atoms with Gasteiger partial charge in [0.25, 0.3) is 5.91 Å². The van der Waals surface area contributed by atoms with Crippen molar-refractivity contribution in [1.82, 2.24) is 15.0 Å². The van der Waals surface area contributed by atoms with Crippen molar-refractivity contribution in [3.05, 3.63) is 86.8 Å². The second-order valence-electron chi connectivity index (χ2n) is 12.0. The minimum Gasteiger partial charge on any atom is -0.360 e. The second-order valence-corrected chi connectivity index (χ2v) is 12.0. The molecule has 5 rings (SSSR count). The van der Waals surface area contributed by atoms with Crippen molar-refractivity contribution < 1.29 is 14.1 Å². The van der Waals surface area contributed by atoms with Gasteiger partial charge >= 0.3 is 0 Å². The van der Waals surface area contributed by atoms with Crippen LogP contribution in [0.25, 0.3) is 0 Å². The minimum absolute atomic E-state index is 0.0113. The molecule has 0 spiro atoms. The van der Waals surface area contributed by atoms with Crippen LogP contribution in [-0.2, 0) is 37.3 Å². The van der Waals surface area contributed by atoms with Gasteiger partial charge in [-0.2, -0.15) is 0 Å². The molecule has 0 radical (unpaired) electrons. The van der Waals surface area contributed by atoms with Gasteiger partial charge in [-0.15, -0.1) is 0 Å². The van der Waals surface area contributed by atoms with Crippen molar-refractivity contribution in [3.63, 3.8) is 0 Å². The number of nitrogens with zero attached hydrogens (tertiary/aromatic N) is 3. The number of benzene rings is 2. The molecule has 0 bridgehead atoms. The van der Waals surface area contributed by atoms with Crippen LogP contribution in [0, 0.1) is 12.8 Å². The molecule has 206 valence electrons. The average Bonchev–Trinajstić information content (AvgIpc) is 3.52. The van der Waals surface area contributed by atoms with Crippen LogP contribution in [-0.4, -0.2) is 33.3 Å². The first-order valence-electron chi connectivity index (χ1n) is 14.4. The number of rotatable bonds is 7. The molecule has 3 aromatic rings. The van der Waals surface area contributed by atoms with Gasteiger partial charge in [-0.05, 0) is 65.0 Å². The van der Waals surface area contributed by atoms with Crippen LogP contribution in [0.2, 0.25) is 0 Å². The van der Waals surface area contributed by atoms with Crippen molar-refractivity contribution >= 4 is 11.8 Å². The van der Waals surface area contributed by atoms with Gasteiger partial charge in [0.15, 0.2) is 0 Å². The Balaban J connectivity index is 1.26. The number of hydrogen-bond acceptors (Lipinski definition) is 4. The van der Waals surface area contributed by atoms with Crippen molar-refractivity contribution in [2.45, 2.75) is 92.3 Å². The lowest BCUT2D eigenvalue weighted by atomic mass is 9.92. The Morgan fingerprint density at radius 2 is 1.51 bits per heavy atom. The Kier molecular flexibility index (Phi) is 7.66. The van der Waals surface area contributed by atoms with Crippen LogP contribution in [0.4, 0.5) is 0 Å². The predicted octanol–water partition coefficient (Wildman–Crippen LogP) is 6.54. The first-order valence-corrected chi connectivity index (χ1v) is 14.4. The first kappa shape index (κ1) is 27.2. The summed E-state index contributed by atoms with van der Waals surface area (Å²) in [6, 6.07) is 13.3. The minimum atomic E-state index is 0.0113. The van der Waals surface area contributed by atoms with E-state index in [9.17, 15) is 9.59 Å². The standard InChI is InChI=1S/C33H41N3O3/c1-20(2)25-9-8-24-13-14-35(18-28(24)15-25)33(38)31-23(6)34-39-30(31)12-7-22(5)26-10-11-27-17-36(19-29(27)16-26)32(37)21(3)4/h8-11,15-16,20-22H,7,12-14,17-19H2,1-6H3/t22-/m1/s1. The van der Waals surface area contributed by atoms with Gasteiger partial charge < -0.3 is 14.3 Å². The van der Waals surface area contributed by atoms with E-state index in [1.807, 2.05) is 30.6 Å². The number of hydrogen-bond donors (Lipinski definition) is 0. The fourth-order valence-electron chi connectivity index (χ4n) is 5.89. The zero-order valence-corrected chi connectivity index (χ0v) is 24.2. The van der Waals surface area contributed by atoms with E-state index in [1.165, 1.54) is 33.4 Å². The van der Waals surface area contributed by atoms with E-state index in [2.05, 4.69) is 62.3 Å². The van der Waals surface area contributed by atoms with Crippen LogP contribution in [0.15, 0.2) is 40.9 Å². The SMILES string of the molecule is Cc1noc(CC[C@@H](C)c2ccc3c(c2)CN(C(=O)C(C)C)C3)c1C(=O)N1CCc2ccc(C(C)C)cc2C1. The molecular formula is C33H41N3O3. The maximum absolute atomic E-state index is 13.7. The Morgan fingerprint density at radius 1 is 0.872 bits per heavy atom. The van der Waals surface area contributed by atoms with Gasteiger partial charge in [-0.25, -0.2) is 0 Å². The molecule has 6 nitrogen and oxygen atoms in total. The molecule has 1 atom stereocenters. The monoisotopic (exact) mass is 527 g/mol. The second kappa shape index (κ2) is 11.0. The Morgan fingerprint density at radius 3 is 2.26 bits per heavy atom. The largest absolute Gasteiger partial charge is 0.360 e. The van der Waals surface area contributed by atoms with Gasteiger partial charge in [-0.3, -0.25) is 9.59 Å². The molecule has 0 unspecified atom stereocenters. The third-order valence-corrected chi connectivity index (χ3v) is 8.48. The van der Waals surface area contributed by atoms with E-state index in [-0.39, 0.29) is 23.7 Å². The molecule has 0 saturated carbocycles. The normalized spacial score (nSPS) is 15.6. The third kappa shape index (κ3) is 5.52. The highest BCUT2D eigenvalue weighted by molar-refractivity contribution is 5.96. The fraction of sp³-hybridized carbons (Fsp3) is 0.485. The number of fused-ring (bicyclic) bond motifs is 2. The molecule has 0 aliphatic carbocycles. The maximum Gasteiger partial charge on any atom is 0.259 e. The Hall–Kier alpha value is -3.41. The molecule has 3 heterocycles. The summed E-state index contributed by atoms with van der Waals surface area (Å²) in [4.78, 5) is 30.1. The van der Waals surface area contributed by atoms with Gasteiger partial charge in [0.05, 0.1) is 5.69 Å². The maximum atomic E-state index is 13.7. The zero-order valence-electron chi connectivity index (χ0n) is 24.2. The summed E-state index contributed by atoms with van der Waals surface area (Å²) in [5.74, 6) is 1.66. The lowest BCUT2D eigenvalue weighted by Crippen LogP contribution is -2.36. The van der Waals surface area contributed by atoms with Crippen molar-refractivity contribution in [3.8, 4) is 0 Å². The van der Waals surface area contributed by atoms with Gasteiger partial charge in [0.1, 0.15) is 11.3 Å². The molecule has 2 aromatic carbocycles. The number of aromatic nitrogens is 1. The molecule has 2 amide bonds. The number of carbonyl (C=O) groups excluding carboxylic acids is 2.